The average Bonchev–Trinajstić information content (AvgIpc) is 3.22. The lowest BCUT2D eigenvalue weighted by Gasteiger charge is -2.28. The number of rotatable bonds is 4. The first-order valence-electron chi connectivity index (χ1n) is 9.46. The molecular weight excluding hydrogens is 382 g/mol. The fourth-order valence-electron chi connectivity index (χ4n) is 3.77. The van der Waals surface area contributed by atoms with Gasteiger partial charge >= 0.3 is 0 Å². The van der Waals surface area contributed by atoms with Gasteiger partial charge in [-0.3, -0.25) is 9.78 Å². The Bertz CT molecular complexity index is 1040. The van der Waals surface area contributed by atoms with Crippen LogP contribution in [0.3, 0.4) is 0 Å². The largest absolute Gasteiger partial charge is 0.351 e. The van der Waals surface area contributed by atoms with Crippen LogP contribution >= 0.6 is 12.2 Å². The molecule has 1 aliphatic heterocycles. The maximum Gasteiger partial charge on any atom is 0.221 e. The lowest BCUT2D eigenvalue weighted by molar-refractivity contribution is -0.114. The summed E-state index contributed by atoms with van der Waals surface area (Å²) >= 11 is 5.74. The third-order valence-electron chi connectivity index (χ3n) is 5.28. The molecule has 0 aliphatic carbocycles. The molecule has 3 heterocycles. The topological polar surface area (TPSA) is 62.2 Å². The molecule has 0 saturated carbocycles. The lowest BCUT2D eigenvalue weighted by Crippen LogP contribution is -2.30. The van der Waals surface area contributed by atoms with E-state index in [4.69, 9.17) is 12.2 Å². The summed E-state index contributed by atoms with van der Waals surface area (Å²) in [5.74, 6) is -0.0940. The first kappa shape index (κ1) is 19.1. The van der Waals surface area contributed by atoms with Crippen molar-refractivity contribution in [2.75, 3.05) is 10.2 Å². The van der Waals surface area contributed by atoms with Gasteiger partial charge in [-0.05, 0) is 67.7 Å². The first-order valence-corrected chi connectivity index (χ1v) is 9.87. The molecule has 1 amide bonds. The molecule has 2 atom stereocenters. The SMILES string of the molecule is CC(=O)Nc1ccc(N2C(=S)N[C@@H](c3ccccn3)[C@@H]2c2ccc(C)n2C)cc1. The van der Waals surface area contributed by atoms with Crippen LogP contribution in [0.25, 0.3) is 0 Å². The number of aryl methyl sites for hydroxylation is 1. The van der Waals surface area contributed by atoms with Crippen molar-refractivity contribution in [3.05, 3.63) is 77.9 Å². The van der Waals surface area contributed by atoms with Gasteiger partial charge in [0.2, 0.25) is 5.91 Å². The Kier molecular flexibility index (Phi) is 5.07. The number of amides is 1. The molecule has 2 aromatic heterocycles. The third-order valence-corrected chi connectivity index (χ3v) is 5.59. The van der Waals surface area contributed by atoms with Gasteiger partial charge in [-0.15, -0.1) is 0 Å². The Morgan fingerprint density at radius 3 is 2.48 bits per heavy atom. The van der Waals surface area contributed by atoms with Crippen molar-refractivity contribution in [2.24, 2.45) is 7.05 Å². The maximum absolute atomic E-state index is 11.3. The average molecular weight is 406 g/mol. The Hall–Kier alpha value is -3.19. The molecule has 1 saturated heterocycles. The fourth-order valence-corrected chi connectivity index (χ4v) is 4.12. The number of carbonyl (C=O) groups excluding carboxylic acids is 1. The Balaban J connectivity index is 1.77. The van der Waals surface area contributed by atoms with Crippen LogP contribution in [0.15, 0.2) is 60.8 Å². The number of aromatic nitrogens is 2. The van der Waals surface area contributed by atoms with E-state index in [-0.39, 0.29) is 18.0 Å². The van der Waals surface area contributed by atoms with Gasteiger partial charge in [0, 0.05) is 42.9 Å². The van der Waals surface area contributed by atoms with Crippen LogP contribution in [-0.4, -0.2) is 20.6 Å². The van der Waals surface area contributed by atoms with Gasteiger partial charge in [-0.2, -0.15) is 0 Å². The smallest absolute Gasteiger partial charge is 0.221 e. The highest BCUT2D eigenvalue weighted by Gasteiger charge is 2.41. The number of hydrogen-bond donors (Lipinski definition) is 2. The van der Waals surface area contributed by atoms with Gasteiger partial charge in [0.1, 0.15) is 6.04 Å². The summed E-state index contributed by atoms with van der Waals surface area (Å²) in [5, 5.41) is 6.92. The van der Waals surface area contributed by atoms with Crippen LogP contribution < -0.4 is 15.5 Å². The van der Waals surface area contributed by atoms with Crippen LogP contribution in [0.5, 0.6) is 0 Å². The van der Waals surface area contributed by atoms with Crippen LogP contribution in [0.2, 0.25) is 0 Å². The van der Waals surface area contributed by atoms with E-state index in [1.807, 2.05) is 42.5 Å². The number of benzene rings is 1. The molecule has 148 valence electrons. The summed E-state index contributed by atoms with van der Waals surface area (Å²) in [7, 11) is 2.07. The molecule has 1 aliphatic rings. The van der Waals surface area contributed by atoms with Crippen molar-refractivity contribution in [3.8, 4) is 0 Å². The summed E-state index contributed by atoms with van der Waals surface area (Å²) in [6.45, 7) is 3.59. The highest BCUT2D eigenvalue weighted by molar-refractivity contribution is 7.80. The lowest BCUT2D eigenvalue weighted by atomic mass is 10.0. The summed E-state index contributed by atoms with van der Waals surface area (Å²) in [5.41, 5.74) is 4.98. The monoisotopic (exact) mass is 405 g/mol. The Morgan fingerprint density at radius 2 is 1.90 bits per heavy atom. The zero-order valence-electron chi connectivity index (χ0n) is 16.6. The van der Waals surface area contributed by atoms with Crippen LogP contribution in [0.1, 0.15) is 36.1 Å². The van der Waals surface area contributed by atoms with Crippen LogP contribution in [0, 0.1) is 6.92 Å². The normalized spacial score (nSPS) is 18.6. The van der Waals surface area contributed by atoms with Gasteiger partial charge in [0.15, 0.2) is 5.11 Å². The highest BCUT2D eigenvalue weighted by atomic mass is 32.1. The van der Waals surface area contributed by atoms with E-state index in [0.717, 1.165) is 22.8 Å². The first-order chi connectivity index (χ1) is 14.0. The Morgan fingerprint density at radius 1 is 1.14 bits per heavy atom. The van der Waals surface area contributed by atoms with E-state index in [1.165, 1.54) is 12.6 Å². The van der Waals surface area contributed by atoms with E-state index in [9.17, 15) is 4.79 Å². The quantitative estimate of drug-likeness (QED) is 0.646. The summed E-state index contributed by atoms with van der Waals surface area (Å²) in [6.07, 6.45) is 1.80. The van der Waals surface area contributed by atoms with Crippen molar-refractivity contribution < 1.29 is 4.79 Å². The molecular formula is C22H23N5OS. The molecule has 0 unspecified atom stereocenters. The molecule has 2 N–H and O–H groups in total. The maximum atomic E-state index is 11.3. The minimum atomic E-state index is -0.0940. The molecule has 1 aromatic carbocycles. The molecule has 6 nitrogen and oxygen atoms in total. The summed E-state index contributed by atoms with van der Waals surface area (Å²) < 4.78 is 2.19. The molecule has 0 radical (unpaired) electrons. The molecule has 4 rings (SSSR count). The Labute approximate surface area is 175 Å². The third kappa shape index (κ3) is 3.61. The van der Waals surface area contributed by atoms with E-state index in [1.54, 1.807) is 6.20 Å². The molecule has 1 fully saturated rings. The second kappa shape index (κ2) is 7.67. The number of nitrogens with one attached hydrogen (secondary N) is 2. The number of carbonyl (C=O) groups is 1. The van der Waals surface area contributed by atoms with Gasteiger partial charge in [-0.1, -0.05) is 6.07 Å². The highest BCUT2D eigenvalue weighted by Crippen LogP contribution is 2.41. The number of thiocarbonyl (C=S) groups is 1. The predicted molar refractivity (Wildman–Crippen MR) is 119 cm³/mol. The number of anilines is 2. The minimum absolute atomic E-state index is 0.0530. The van der Waals surface area contributed by atoms with Crippen molar-refractivity contribution in [1.82, 2.24) is 14.9 Å². The van der Waals surface area contributed by atoms with E-state index in [0.29, 0.717) is 5.11 Å². The number of hydrogen-bond acceptors (Lipinski definition) is 3. The van der Waals surface area contributed by atoms with E-state index >= 15 is 0 Å². The van der Waals surface area contributed by atoms with E-state index in [2.05, 4.69) is 51.2 Å². The van der Waals surface area contributed by atoms with Gasteiger partial charge < -0.3 is 20.1 Å². The molecule has 0 spiro atoms. The second-order valence-corrected chi connectivity index (χ2v) is 7.57. The molecule has 3 aromatic rings. The second-order valence-electron chi connectivity index (χ2n) is 7.18. The zero-order valence-corrected chi connectivity index (χ0v) is 17.4. The van der Waals surface area contributed by atoms with Crippen molar-refractivity contribution >= 4 is 34.6 Å². The van der Waals surface area contributed by atoms with Crippen LogP contribution in [-0.2, 0) is 11.8 Å². The summed E-state index contributed by atoms with van der Waals surface area (Å²) in [6, 6.07) is 17.8. The number of nitrogens with zero attached hydrogens (tertiary/aromatic N) is 3. The van der Waals surface area contributed by atoms with Gasteiger partial charge in [0.25, 0.3) is 0 Å². The van der Waals surface area contributed by atoms with Gasteiger partial charge in [-0.25, -0.2) is 0 Å². The fraction of sp³-hybridized carbons (Fsp3) is 0.227. The minimum Gasteiger partial charge on any atom is -0.351 e. The zero-order chi connectivity index (χ0) is 20.5. The summed E-state index contributed by atoms with van der Waals surface area (Å²) in [4.78, 5) is 18.0. The predicted octanol–water partition coefficient (Wildman–Crippen LogP) is 3.86. The van der Waals surface area contributed by atoms with Crippen molar-refractivity contribution in [1.29, 1.82) is 0 Å². The molecule has 0 bridgehead atoms. The van der Waals surface area contributed by atoms with Crippen molar-refractivity contribution in [3.63, 3.8) is 0 Å². The van der Waals surface area contributed by atoms with Crippen LogP contribution in [0.4, 0.5) is 11.4 Å². The van der Waals surface area contributed by atoms with E-state index < -0.39 is 0 Å². The molecule has 29 heavy (non-hydrogen) atoms. The number of pyridine rings is 1. The molecule has 7 heteroatoms. The standard InChI is InChI=1S/C22H23N5OS/c1-14-7-12-19(26(14)3)21-20(18-6-4-5-13-23-18)25-22(29)27(21)17-10-8-16(9-11-17)24-15(2)28/h4-13,20-21H,1-3H3,(H,24,28)(H,25,29)/t20-,21-/m0/s1. The van der Waals surface area contributed by atoms with Gasteiger partial charge in [0.05, 0.1) is 11.7 Å². The van der Waals surface area contributed by atoms with Crippen molar-refractivity contribution in [2.45, 2.75) is 25.9 Å².